The highest BCUT2D eigenvalue weighted by Crippen LogP contribution is 2.41. The van der Waals surface area contributed by atoms with E-state index in [0.717, 1.165) is 11.2 Å². The molecule has 3 atom stereocenters. The summed E-state index contributed by atoms with van der Waals surface area (Å²) in [5.41, 5.74) is 1.31. The van der Waals surface area contributed by atoms with Gasteiger partial charge >= 0.3 is 0 Å². The fourth-order valence-electron chi connectivity index (χ4n) is 2.73. The highest BCUT2D eigenvalue weighted by atomic mass is 32.2. The van der Waals surface area contributed by atoms with Crippen LogP contribution in [0.15, 0.2) is 30.3 Å². The second-order valence-electron chi connectivity index (χ2n) is 5.29. The molecule has 1 aromatic carbocycles. The van der Waals surface area contributed by atoms with E-state index in [0.29, 0.717) is 11.7 Å². The van der Waals surface area contributed by atoms with Crippen molar-refractivity contribution >= 4 is 11.8 Å². The van der Waals surface area contributed by atoms with Crippen LogP contribution in [0, 0.1) is 17.2 Å². The van der Waals surface area contributed by atoms with E-state index in [1.807, 2.05) is 17.8 Å². The Labute approximate surface area is 115 Å². The molecular formula is C16H21NS. The number of rotatable bonds is 4. The van der Waals surface area contributed by atoms with Gasteiger partial charge in [0.1, 0.15) is 0 Å². The number of thioether (sulfide) groups is 1. The molecule has 0 radical (unpaired) electrons. The van der Waals surface area contributed by atoms with Crippen LogP contribution in [-0.4, -0.2) is 5.25 Å². The molecule has 0 amide bonds. The third-order valence-electron chi connectivity index (χ3n) is 3.69. The van der Waals surface area contributed by atoms with Gasteiger partial charge in [-0.05, 0) is 24.3 Å². The van der Waals surface area contributed by atoms with E-state index in [1.54, 1.807) is 0 Å². The third kappa shape index (κ3) is 3.78. The van der Waals surface area contributed by atoms with Crippen LogP contribution in [0.25, 0.3) is 0 Å². The van der Waals surface area contributed by atoms with Gasteiger partial charge < -0.3 is 0 Å². The minimum Gasteiger partial charge on any atom is -0.198 e. The Balaban J connectivity index is 2.00. The van der Waals surface area contributed by atoms with Gasteiger partial charge in [-0.1, -0.05) is 50.1 Å². The lowest BCUT2D eigenvalue weighted by molar-refractivity contribution is 0.393. The van der Waals surface area contributed by atoms with Crippen molar-refractivity contribution in [3.63, 3.8) is 0 Å². The maximum atomic E-state index is 9.02. The molecule has 0 aromatic heterocycles. The molecule has 2 rings (SSSR count). The average molecular weight is 259 g/mol. The fourth-order valence-corrected chi connectivity index (χ4v) is 4.42. The van der Waals surface area contributed by atoms with Crippen LogP contribution in [0.3, 0.4) is 0 Å². The van der Waals surface area contributed by atoms with Gasteiger partial charge in [0, 0.05) is 10.5 Å². The molecule has 18 heavy (non-hydrogen) atoms. The van der Waals surface area contributed by atoms with Crippen LogP contribution >= 0.6 is 11.8 Å². The SMILES string of the molecule is CC1CCCC(SC(CC#N)c2ccccc2)C1. The topological polar surface area (TPSA) is 23.8 Å². The van der Waals surface area contributed by atoms with Crippen LogP contribution in [-0.2, 0) is 0 Å². The largest absolute Gasteiger partial charge is 0.198 e. The molecule has 96 valence electrons. The van der Waals surface area contributed by atoms with Crippen molar-refractivity contribution < 1.29 is 0 Å². The Kier molecular flexibility index (Phi) is 5.13. The Morgan fingerprint density at radius 1 is 1.33 bits per heavy atom. The molecule has 3 unspecified atom stereocenters. The molecule has 1 fully saturated rings. The van der Waals surface area contributed by atoms with E-state index >= 15 is 0 Å². The third-order valence-corrected chi connectivity index (χ3v) is 5.27. The minimum atomic E-state index is 0.353. The van der Waals surface area contributed by atoms with Crippen LogP contribution in [0.5, 0.6) is 0 Å². The monoisotopic (exact) mass is 259 g/mol. The second-order valence-corrected chi connectivity index (χ2v) is 6.80. The molecule has 2 heteroatoms. The van der Waals surface area contributed by atoms with E-state index in [2.05, 4.69) is 37.3 Å². The number of nitrogens with zero attached hydrogens (tertiary/aromatic N) is 1. The smallest absolute Gasteiger partial charge is 0.0636 e. The van der Waals surface area contributed by atoms with Gasteiger partial charge in [-0.3, -0.25) is 0 Å². The zero-order valence-corrected chi connectivity index (χ0v) is 11.8. The second kappa shape index (κ2) is 6.85. The van der Waals surface area contributed by atoms with Crippen molar-refractivity contribution in [1.29, 1.82) is 5.26 Å². The van der Waals surface area contributed by atoms with Gasteiger partial charge in [0.15, 0.2) is 0 Å². The van der Waals surface area contributed by atoms with E-state index < -0.39 is 0 Å². The Morgan fingerprint density at radius 2 is 2.11 bits per heavy atom. The summed E-state index contributed by atoms with van der Waals surface area (Å²) in [6.45, 7) is 2.36. The molecule has 1 aliphatic carbocycles. The van der Waals surface area contributed by atoms with Gasteiger partial charge in [-0.15, -0.1) is 11.8 Å². The van der Waals surface area contributed by atoms with Crippen molar-refractivity contribution in [3.05, 3.63) is 35.9 Å². The molecule has 0 saturated heterocycles. The first-order valence-corrected chi connectivity index (χ1v) is 7.81. The summed E-state index contributed by atoms with van der Waals surface area (Å²) in [5.74, 6) is 0.856. The van der Waals surface area contributed by atoms with Crippen molar-refractivity contribution in [2.45, 2.75) is 49.5 Å². The number of nitriles is 1. The van der Waals surface area contributed by atoms with Gasteiger partial charge in [-0.25, -0.2) is 0 Å². The Morgan fingerprint density at radius 3 is 2.78 bits per heavy atom. The van der Waals surface area contributed by atoms with Crippen LogP contribution in [0.1, 0.15) is 49.8 Å². The first-order chi connectivity index (χ1) is 8.79. The fraction of sp³-hybridized carbons (Fsp3) is 0.562. The highest BCUT2D eigenvalue weighted by Gasteiger charge is 2.23. The molecule has 0 heterocycles. The predicted molar refractivity (Wildman–Crippen MR) is 78.4 cm³/mol. The lowest BCUT2D eigenvalue weighted by Gasteiger charge is -2.29. The van der Waals surface area contributed by atoms with Crippen LogP contribution < -0.4 is 0 Å². The highest BCUT2D eigenvalue weighted by molar-refractivity contribution is 8.00. The molecule has 1 saturated carbocycles. The van der Waals surface area contributed by atoms with E-state index in [1.165, 1.54) is 31.2 Å². The summed E-state index contributed by atoms with van der Waals surface area (Å²) in [4.78, 5) is 0. The maximum Gasteiger partial charge on any atom is 0.0636 e. The molecule has 1 nitrogen and oxygen atoms in total. The van der Waals surface area contributed by atoms with E-state index in [4.69, 9.17) is 5.26 Å². The predicted octanol–water partition coefficient (Wildman–Crippen LogP) is 4.95. The number of hydrogen-bond acceptors (Lipinski definition) is 2. The summed E-state index contributed by atoms with van der Waals surface area (Å²) >= 11 is 2.02. The van der Waals surface area contributed by atoms with Gasteiger partial charge in [0.2, 0.25) is 0 Å². The Bertz CT molecular complexity index is 395. The van der Waals surface area contributed by atoms with E-state index in [9.17, 15) is 0 Å². The molecule has 0 aliphatic heterocycles. The zero-order valence-electron chi connectivity index (χ0n) is 11.0. The normalized spacial score (nSPS) is 25.3. The van der Waals surface area contributed by atoms with Crippen LogP contribution in [0.4, 0.5) is 0 Å². The summed E-state index contributed by atoms with van der Waals surface area (Å²) in [5, 5.41) is 10.1. The summed E-state index contributed by atoms with van der Waals surface area (Å²) in [6, 6.07) is 12.8. The molecule has 1 aromatic rings. The Hall–Kier alpha value is -0.940. The quantitative estimate of drug-likeness (QED) is 0.763. The summed E-state index contributed by atoms with van der Waals surface area (Å²) in [6.07, 6.45) is 6.00. The maximum absolute atomic E-state index is 9.02. The number of hydrogen-bond donors (Lipinski definition) is 0. The van der Waals surface area contributed by atoms with Crippen molar-refractivity contribution in [1.82, 2.24) is 0 Å². The van der Waals surface area contributed by atoms with Crippen molar-refractivity contribution in [2.24, 2.45) is 5.92 Å². The van der Waals surface area contributed by atoms with Gasteiger partial charge in [-0.2, -0.15) is 5.26 Å². The van der Waals surface area contributed by atoms with Crippen LogP contribution in [0.2, 0.25) is 0 Å². The number of benzene rings is 1. The summed E-state index contributed by atoms with van der Waals surface area (Å²) in [7, 11) is 0. The van der Waals surface area contributed by atoms with Crippen molar-refractivity contribution in [3.8, 4) is 6.07 Å². The standard InChI is InChI=1S/C16H21NS/c1-13-6-5-9-15(12-13)18-16(10-11-17)14-7-3-2-4-8-14/h2-4,7-8,13,15-16H,5-6,9-10,12H2,1H3. The molecule has 1 aliphatic rings. The van der Waals surface area contributed by atoms with E-state index in [-0.39, 0.29) is 0 Å². The van der Waals surface area contributed by atoms with Gasteiger partial charge in [0.05, 0.1) is 12.5 Å². The molecular weight excluding hydrogens is 238 g/mol. The molecule has 0 bridgehead atoms. The zero-order chi connectivity index (χ0) is 12.8. The first-order valence-electron chi connectivity index (χ1n) is 6.87. The molecule has 0 N–H and O–H groups in total. The lowest BCUT2D eigenvalue weighted by Crippen LogP contribution is -2.16. The minimum absolute atomic E-state index is 0.353. The van der Waals surface area contributed by atoms with Gasteiger partial charge in [0.25, 0.3) is 0 Å². The van der Waals surface area contributed by atoms with Crippen molar-refractivity contribution in [2.75, 3.05) is 0 Å². The first kappa shape index (κ1) is 13.5. The lowest BCUT2D eigenvalue weighted by atomic mass is 9.90. The average Bonchev–Trinajstić information content (AvgIpc) is 2.39. The summed E-state index contributed by atoms with van der Waals surface area (Å²) < 4.78 is 0. The molecule has 0 spiro atoms.